The van der Waals surface area contributed by atoms with E-state index in [0.29, 0.717) is 22.5 Å². The van der Waals surface area contributed by atoms with Crippen LogP contribution in [0.3, 0.4) is 0 Å². The fourth-order valence-corrected chi connectivity index (χ4v) is 1.59. The summed E-state index contributed by atoms with van der Waals surface area (Å²) in [6, 6.07) is 11.9. The number of hydrogen-bond acceptors (Lipinski definition) is 3. The van der Waals surface area contributed by atoms with Crippen LogP contribution in [0.1, 0.15) is 11.1 Å². The molecule has 0 saturated heterocycles. The topological polar surface area (TPSA) is 61.8 Å². The van der Waals surface area contributed by atoms with Gasteiger partial charge < -0.3 is 11.1 Å². The summed E-state index contributed by atoms with van der Waals surface area (Å²) in [5.74, 6) is -0.321. The lowest BCUT2D eigenvalue weighted by atomic mass is 10.1. The highest BCUT2D eigenvalue weighted by Crippen LogP contribution is 2.26. The zero-order valence-corrected chi connectivity index (χ0v) is 9.87. The molecule has 0 saturated carbocycles. The van der Waals surface area contributed by atoms with E-state index < -0.39 is 0 Å². The molecule has 0 aromatic heterocycles. The van der Waals surface area contributed by atoms with Crippen molar-refractivity contribution in [3.05, 3.63) is 53.3 Å². The van der Waals surface area contributed by atoms with Crippen LogP contribution < -0.4 is 11.1 Å². The van der Waals surface area contributed by atoms with Gasteiger partial charge in [-0.15, -0.1) is 0 Å². The molecule has 0 aliphatic heterocycles. The summed E-state index contributed by atoms with van der Waals surface area (Å²) in [5, 5.41) is 11.8. The minimum absolute atomic E-state index is 0.321. The number of anilines is 3. The van der Waals surface area contributed by atoms with Crippen molar-refractivity contribution in [3.63, 3.8) is 0 Å². The third-order valence-electron chi connectivity index (χ3n) is 2.62. The van der Waals surface area contributed by atoms with Gasteiger partial charge in [0, 0.05) is 5.69 Å². The van der Waals surface area contributed by atoms with E-state index in [4.69, 9.17) is 11.0 Å². The Morgan fingerprint density at radius 3 is 2.50 bits per heavy atom. The zero-order chi connectivity index (χ0) is 13.1. The van der Waals surface area contributed by atoms with Crippen molar-refractivity contribution in [2.24, 2.45) is 0 Å². The quantitative estimate of drug-likeness (QED) is 0.793. The summed E-state index contributed by atoms with van der Waals surface area (Å²) in [5.41, 5.74) is 8.65. The Bertz CT molecular complexity index is 612. The van der Waals surface area contributed by atoms with Crippen molar-refractivity contribution < 1.29 is 4.39 Å². The Balaban J connectivity index is 2.28. The molecule has 2 aromatic rings. The first-order valence-corrected chi connectivity index (χ1v) is 5.43. The molecule has 0 radical (unpaired) electrons. The van der Waals surface area contributed by atoms with Crippen molar-refractivity contribution in [1.29, 1.82) is 5.26 Å². The second kappa shape index (κ2) is 4.76. The lowest BCUT2D eigenvalue weighted by molar-refractivity contribution is 0.619. The highest BCUT2D eigenvalue weighted by atomic mass is 19.1. The van der Waals surface area contributed by atoms with Gasteiger partial charge in [-0.2, -0.15) is 5.26 Å². The molecule has 3 nitrogen and oxygen atoms in total. The van der Waals surface area contributed by atoms with Gasteiger partial charge in [0.15, 0.2) is 0 Å². The van der Waals surface area contributed by atoms with Crippen molar-refractivity contribution >= 4 is 17.1 Å². The molecule has 0 heterocycles. The zero-order valence-electron chi connectivity index (χ0n) is 9.87. The van der Waals surface area contributed by atoms with Crippen LogP contribution in [0.2, 0.25) is 0 Å². The van der Waals surface area contributed by atoms with Crippen molar-refractivity contribution in [1.82, 2.24) is 0 Å². The fraction of sp³-hybridized carbons (Fsp3) is 0.0714. The van der Waals surface area contributed by atoms with E-state index in [2.05, 4.69) is 5.32 Å². The van der Waals surface area contributed by atoms with Gasteiger partial charge in [-0.3, -0.25) is 0 Å². The molecule has 2 rings (SSSR count). The normalized spacial score (nSPS) is 9.83. The number of rotatable bonds is 2. The average Bonchev–Trinajstić information content (AvgIpc) is 2.37. The lowest BCUT2D eigenvalue weighted by Crippen LogP contribution is -1.98. The van der Waals surface area contributed by atoms with Crippen LogP contribution in [-0.4, -0.2) is 0 Å². The van der Waals surface area contributed by atoms with Crippen LogP contribution in [0.15, 0.2) is 36.4 Å². The smallest absolute Gasteiger partial charge is 0.128 e. The number of nitrogens with zero attached hydrogens (tertiary/aromatic N) is 1. The molecule has 0 spiro atoms. The Labute approximate surface area is 105 Å². The SMILES string of the molecule is Cc1cc(Nc2ccc(C#N)cc2)c(N)cc1F. The third-order valence-corrected chi connectivity index (χ3v) is 2.62. The number of nitrogen functional groups attached to an aromatic ring is 1. The average molecular weight is 241 g/mol. The predicted octanol–water partition coefficient (Wildman–Crippen LogP) is 3.33. The van der Waals surface area contributed by atoms with Gasteiger partial charge in [-0.05, 0) is 48.9 Å². The Kier molecular flexibility index (Phi) is 3.16. The Morgan fingerprint density at radius 1 is 1.22 bits per heavy atom. The second-order valence-electron chi connectivity index (χ2n) is 4.00. The van der Waals surface area contributed by atoms with Gasteiger partial charge in [0.05, 0.1) is 23.0 Å². The summed E-state index contributed by atoms with van der Waals surface area (Å²) >= 11 is 0. The first-order valence-electron chi connectivity index (χ1n) is 5.43. The van der Waals surface area contributed by atoms with Gasteiger partial charge in [0.25, 0.3) is 0 Å². The van der Waals surface area contributed by atoms with E-state index in [1.807, 2.05) is 6.07 Å². The van der Waals surface area contributed by atoms with Gasteiger partial charge in [0.1, 0.15) is 5.82 Å². The van der Waals surface area contributed by atoms with Gasteiger partial charge in [0.2, 0.25) is 0 Å². The first-order chi connectivity index (χ1) is 8.60. The predicted molar refractivity (Wildman–Crippen MR) is 70.0 cm³/mol. The van der Waals surface area contributed by atoms with E-state index in [1.165, 1.54) is 6.07 Å². The van der Waals surface area contributed by atoms with Crippen molar-refractivity contribution in [2.45, 2.75) is 6.92 Å². The maximum atomic E-state index is 13.3. The first kappa shape index (κ1) is 11.9. The van der Waals surface area contributed by atoms with Gasteiger partial charge in [-0.1, -0.05) is 0 Å². The van der Waals surface area contributed by atoms with E-state index in [9.17, 15) is 4.39 Å². The third kappa shape index (κ3) is 2.41. The van der Waals surface area contributed by atoms with Gasteiger partial charge in [-0.25, -0.2) is 4.39 Å². The molecular weight excluding hydrogens is 229 g/mol. The standard InChI is InChI=1S/C14H12FN3/c1-9-6-14(13(17)7-12(9)15)18-11-4-2-10(8-16)3-5-11/h2-7,18H,17H2,1H3. The molecule has 3 N–H and O–H groups in total. The largest absolute Gasteiger partial charge is 0.397 e. The molecule has 0 atom stereocenters. The minimum Gasteiger partial charge on any atom is -0.397 e. The van der Waals surface area contributed by atoms with Crippen LogP contribution in [0, 0.1) is 24.1 Å². The number of halogens is 1. The molecular formula is C14H12FN3. The van der Waals surface area contributed by atoms with Crippen LogP contribution in [-0.2, 0) is 0 Å². The van der Waals surface area contributed by atoms with E-state index in [-0.39, 0.29) is 5.82 Å². The van der Waals surface area contributed by atoms with Crippen molar-refractivity contribution in [2.75, 3.05) is 11.1 Å². The van der Waals surface area contributed by atoms with Crippen LogP contribution >= 0.6 is 0 Å². The number of nitrogens with one attached hydrogen (secondary N) is 1. The van der Waals surface area contributed by atoms with Crippen LogP contribution in [0.25, 0.3) is 0 Å². The highest BCUT2D eigenvalue weighted by Gasteiger charge is 2.05. The molecule has 0 unspecified atom stereocenters. The molecule has 18 heavy (non-hydrogen) atoms. The molecule has 0 aliphatic rings. The molecule has 90 valence electrons. The number of hydrogen-bond donors (Lipinski definition) is 2. The number of nitrogens with two attached hydrogens (primary N) is 1. The highest BCUT2D eigenvalue weighted by molar-refractivity contribution is 5.73. The van der Waals surface area contributed by atoms with Crippen LogP contribution in [0.5, 0.6) is 0 Å². The van der Waals surface area contributed by atoms with Crippen LogP contribution in [0.4, 0.5) is 21.5 Å². The lowest BCUT2D eigenvalue weighted by Gasteiger charge is -2.11. The fourth-order valence-electron chi connectivity index (χ4n) is 1.59. The number of nitriles is 1. The molecule has 0 bridgehead atoms. The second-order valence-corrected chi connectivity index (χ2v) is 4.00. The summed E-state index contributed by atoms with van der Waals surface area (Å²) in [7, 11) is 0. The molecule has 0 fully saturated rings. The van der Waals surface area contributed by atoms with Gasteiger partial charge >= 0.3 is 0 Å². The van der Waals surface area contributed by atoms with E-state index in [0.717, 1.165) is 5.69 Å². The molecule has 0 amide bonds. The summed E-state index contributed by atoms with van der Waals surface area (Å²) in [6.45, 7) is 1.68. The molecule has 4 heteroatoms. The number of aryl methyl sites for hydroxylation is 1. The minimum atomic E-state index is -0.321. The summed E-state index contributed by atoms with van der Waals surface area (Å²) in [4.78, 5) is 0. The summed E-state index contributed by atoms with van der Waals surface area (Å²) in [6.07, 6.45) is 0. The maximum Gasteiger partial charge on any atom is 0.128 e. The van der Waals surface area contributed by atoms with E-state index in [1.54, 1.807) is 37.3 Å². The summed E-state index contributed by atoms with van der Waals surface area (Å²) < 4.78 is 13.3. The van der Waals surface area contributed by atoms with E-state index >= 15 is 0 Å². The molecule has 0 aliphatic carbocycles. The Hall–Kier alpha value is -2.54. The van der Waals surface area contributed by atoms with Crippen molar-refractivity contribution in [3.8, 4) is 6.07 Å². The monoisotopic (exact) mass is 241 g/mol. The maximum absolute atomic E-state index is 13.3. The molecule has 2 aromatic carbocycles. The number of benzene rings is 2. The Morgan fingerprint density at radius 2 is 1.89 bits per heavy atom.